The molecule has 4 rings (SSSR count). The number of carbonyl (C=O) groups is 1. The van der Waals surface area contributed by atoms with Gasteiger partial charge in [0.15, 0.2) is 0 Å². The number of benzene rings is 2. The van der Waals surface area contributed by atoms with Crippen LogP contribution in [-0.2, 0) is 0 Å². The molecule has 3 aromatic rings. The highest BCUT2D eigenvalue weighted by Gasteiger charge is 2.13. The molecule has 1 aromatic heterocycles. The second-order valence-corrected chi connectivity index (χ2v) is 7.11. The van der Waals surface area contributed by atoms with E-state index in [1.807, 2.05) is 12.1 Å². The lowest BCUT2D eigenvalue weighted by atomic mass is 9.99. The second kappa shape index (κ2) is 7.86. The summed E-state index contributed by atoms with van der Waals surface area (Å²) in [6, 6.07) is 12.1. The number of nitrogens with one attached hydrogen (secondary N) is 2. The van der Waals surface area contributed by atoms with Crippen molar-refractivity contribution in [3.63, 3.8) is 0 Å². The first kappa shape index (κ1) is 18.3. The van der Waals surface area contributed by atoms with Crippen LogP contribution in [0.5, 0.6) is 5.75 Å². The van der Waals surface area contributed by atoms with Gasteiger partial charge >= 0.3 is 0 Å². The number of phenols is 1. The average Bonchev–Trinajstić information content (AvgIpc) is 3.22. The molecule has 1 saturated heterocycles. The van der Waals surface area contributed by atoms with Crippen LogP contribution in [0.1, 0.15) is 23.2 Å². The van der Waals surface area contributed by atoms with Gasteiger partial charge in [-0.05, 0) is 55.8 Å². The van der Waals surface area contributed by atoms with Crippen molar-refractivity contribution in [2.45, 2.75) is 12.8 Å². The number of aromatic hydroxyl groups is 1. The van der Waals surface area contributed by atoms with E-state index in [4.69, 9.17) is 0 Å². The number of phenolic OH excluding ortho intramolecular Hbond substituents is 1. The molecule has 3 N–H and O–H groups in total. The summed E-state index contributed by atoms with van der Waals surface area (Å²) >= 11 is 0. The molecule has 0 unspecified atom stereocenters. The number of likely N-dealkylation sites (tertiary alicyclic amines) is 1. The van der Waals surface area contributed by atoms with Crippen LogP contribution in [0.15, 0.2) is 53.5 Å². The van der Waals surface area contributed by atoms with Gasteiger partial charge in [-0.3, -0.25) is 9.59 Å². The van der Waals surface area contributed by atoms with Gasteiger partial charge in [-0.2, -0.15) is 0 Å². The fraction of sp³-hybridized carbons (Fsp3) is 0.273. The van der Waals surface area contributed by atoms with E-state index in [9.17, 15) is 14.7 Å². The monoisotopic (exact) mass is 377 g/mol. The Morgan fingerprint density at radius 2 is 1.86 bits per heavy atom. The standard InChI is InChI=1S/C22H23N3O3/c26-19-5-3-4-17-20(19)18(14-24-22(17)28)15-6-8-16(9-7-15)21(27)23-10-13-25-11-1-2-12-25/h3-9,14,26H,1-2,10-13H2,(H,23,27)(H,24,28). The number of hydrogen-bond donors (Lipinski definition) is 3. The Labute approximate surface area is 162 Å². The van der Waals surface area contributed by atoms with Gasteiger partial charge in [-0.25, -0.2) is 0 Å². The number of hydrogen-bond acceptors (Lipinski definition) is 4. The predicted molar refractivity (Wildman–Crippen MR) is 110 cm³/mol. The van der Waals surface area contributed by atoms with E-state index in [1.54, 1.807) is 36.5 Å². The number of H-pyrrole nitrogens is 1. The molecule has 1 aliphatic heterocycles. The smallest absolute Gasteiger partial charge is 0.255 e. The SMILES string of the molecule is O=C(NCCN1CCCC1)c1ccc(-c2c[nH]c(=O)c3cccc(O)c23)cc1. The third-order valence-electron chi connectivity index (χ3n) is 5.27. The summed E-state index contributed by atoms with van der Waals surface area (Å²) in [4.78, 5) is 29.5. The number of aromatic amines is 1. The summed E-state index contributed by atoms with van der Waals surface area (Å²) in [5.74, 6) is -0.0396. The molecular formula is C22H23N3O3. The topological polar surface area (TPSA) is 85.4 Å². The molecule has 2 heterocycles. The van der Waals surface area contributed by atoms with E-state index in [-0.39, 0.29) is 17.2 Å². The maximum absolute atomic E-state index is 12.4. The van der Waals surface area contributed by atoms with E-state index < -0.39 is 0 Å². The van der Waals surface area contributed by atoms with Crippen molar-refractivity contribution in [3.8, 4) is 16.9 Å². The maximum atomic E-state index is 12.4. The van der Waals surface area contributed by atoms with Crippen molar-refractivity contribution in [1.82, 2.24) is 15.2 Å². The van der Waals surface area contributed by atoms with Crippen LogP contribution in [0.4, 0.5) is 0 Å². The normalized spacial score (nSPS) is 14.4. The predicted octanol–water partition coefficient (Wildman–Crippen LogP) is 2.73. The van der Waals surface area contributed by atoms with Crippen LogP contribution in [0.2, 0.25) is 0 Å². The molecule has 6 nitrogen and oxygen atoms in total. The lowest BCUT2D eigenvalue weighted by Crippen LogP contribution is -2.33. The van der Waals surface area contributed by atoms with Crippen LogP contribution in [0.3, 0.4) is 0 Å². The summed E-state index contributed by atoms with van der Waals surface area (Å²) < 4.78 is 0. The molecule has 1 aliphatic rings. The second-order valence-electron chi connectivity index (χ2n) is 7.11. The quantitative estimate of drug-likeness (QED) is 0.638. The molecular weight excluding hydrogens is 354 g/mol. The third-order valence-corrected chi connectivity index (χ3v) is 5.27. The van der Waals surface area contributed by atoms with Crippen LogP contribution in [0.25, 0.3) is 21.9 Å². The van der Waals surface area contributed by atoms with Gasteiger partial charge < -0.3 is 20.3 Å². The van der Waals surface area contributed by atoms with E-state index in [1.165, 1.54) is 12.8 Å². The van der Waals surface area contributed by atoms with Crippen molar-refractivity contribution in [1.29, 1.82) is 0 Å². The first-order valence-electron chi connectivity index (χ1n) is 9.58. The zero-order valence-corrected chi connectivity index (χ0v) is 15.6. The van der Waals surface area contributed by atoms with E-state index in [0.717, 1.165) is 25.2 Å². The zero-order valence-electron chi connectivity index (χ0n) is 15.6. The fourth-order valence-corrected chi connectivity index (χ4v) is 3.76. The number of rotatable bonds is 5. The molecule has 0 bridgehead atoms. The fourth-order valence-electron chi connectivity index (χ4n) is 3.76. The van der Waals surface area contributed by atoms with Gasteiger partial charge in [0.2, 0.25) is 0 Å². The Hall–Kier alpha value is -3.12. The van der Waals surface area contributed by atoms with Gasteiger partial charge in [-0.1, -0.05) is 18.2 Å². The Morgan fingerprint density at radius 3 is 2.61 bits per heavy atom. The highest BCUT2D eigenvalue weighted by molar-refractivity contribution is 6.00. The van der Waals surface area contributed by atoms with Crippen molar-refractivity contribution in [2.75, 3.05) is 26.2 Å². The summed E-state index contributed by atoms with van der Waals surface area (Å²) in [6.45, 7) is 3.75. The molecule has 0 radical (unpaired) electrons. The van der Waals surface area contributed by atoms with E-state index in [0.29, 0.717) is 28.4 Å². The highest BCUT2D eigenvalue weighted by Crippen LogP contribution is 2.32. The molecule has 1 amide bonds. The minimum atomic E-state index is -0.247. The van der Waals surface area contributed by atoms with E-state index in [2.05, 4.69) is 15.2 Å². The Bertz CT molecular complexity index is 1050. The summed E-state index contributed by atoms with van der Waals surface area (Å²) in [5.41, 5.74) is 1.87. The molecule has 0 aliphatic carbocycles. The Morgan fingerprint density at radius 1 is 1.11 bits per heavy atom. The van der Waals surface area contributed by atoms with Crippen LogP contribution in [0, 0.1) is 0 Å². The molecule has 0 atom stereocenters. The molecule has 6 heteroatoms. The molecule has 1 fully saturated rings. The van der Waals surface area contributed by atoms with Gasteiger partial charge in [-0.15, -0.1) is 0 Å². The molecule has 0 saturated carbocycles. The lowest BCUT2D eigenvalue weighted by Gasteiger charge is -2.14. The van der Waals surface area contributed by atoms with Crippen molar-refractivity contribution >= 4 is 16.7 Å². The first-order valence-corrected chi connectivity index (χ1v) is 9.58. The number of pyridine rings is 1. The Kier molecular flexibility index (Phi) is 5.12. The average molecular weight is 377 g/mol. The number of fused-ring (bicyclic) bond motifs is 1. The summed E-state index contributed by atoms with van der Waals surface area (Å²) in [6.07, 6.45) is 4.07. The van der Waals surface area contributed by atoms with E-state index >= 15 is 0 Å². The zero-order chi connectivity index (χ0) is 19.5. The van der Waals surface area contributed by atoms with Crippen molar-refractivity contribution < 1.29 is 9.90 Å². The van der Waals surface area contributed by atoms with Crippen LogP contribution in [-0.4, -0.2) is 47.1 Å². The number of aromatic nitrogens is 1. The van der Waals surface area contributed by atoms with Crippen LogP contribution < -0.4 is 10.9 Å². The van der Waals surface area contributed by atoms with Gasteiger partial charge in [0.1, 0.15) is 5.75 Å². The highest BCUT2D eigenvalue weighted by atomic mass is 16.3. The Balaban J connectivity index is 1.52. The first-order chi connectivity index (χ1) is 13.6. The van der Waals surface area contributed by atoms with Gasteiger partial charge in [0, 0.05) is 35.8 Å². The van der Waals surface area contributed by atoms with Crippen molar-refractivity contribution in [3.05, 3.63) is 64.6 Å². The molecule has 0 spiro atoms. The van der Waals surface area contributed by atoms with Gasteiger partial charge in [0.05, 0.1) is 5.39 Å². The molecule has 28 heavy (non-hydrogen) atoms. The third kappa shape index (κ3) is 3.64. The maximum Gasteiger partial charge on any atom is 0.255 e. The number of nitrogens with zero attached hydrogens (tertiary/aromatic N) is 1. The summed E-state index contributed by atoms with van der Waals surface area (Å²) in [7, 11) is 0. The van der Waals surface area contributed by atoms with Gasteiger partial charge in [0.25, 0.3) is 11.5 Å². The molecule has 2 aromatic carbocycles. The van der Waals surface area contributed by atoms with Crippen molar-refractivity contribution in [2.24, 2.45) is 0 Å². The number of amides is 1. The number of carbonyl (C=O) groups excluding carboxylic acids is 1. The summed E-state index contributed by atoms with van der Waals surface area (Å²) in [5, 5.41) is 14.2. The molecule has 144 valence electrons. The lowest BCUT2D eigenvalue weighted by molar-refractivity contribution is 0.0950. The minimum Gasteiger partial charge on any atom is -0.507 e. The van der Waals surface area contributed by atoms with Crippen LogP contribution >= 0.6 is 0 Å². The largest absolute Gasteiger partial charge is 0.507 e. The minimum absolute atomic E-state index is 0.0577.